The zero-order valence-electron chi connectivity index (χ0n) is 13.6. The van der Waals surface area contributed by atoms with Gasteiger partial charge in [0.15, 0.2) is 12.4 Å². The zero-order valence-corrected chi connectivity index (χ0v) is 13.6. The lowest BCUT2D eigenvalue weighted by Crippen LogP contribution is -3.00. The average Bonchev–Trinajstić information content (AvgIpc) is 2.49. The first-order valence-corrected chi connectivity index (χ1v) is 8.45. The summed E-state index contributed by atoms with van der Waals surface area (Å²) >= 11 is 0. The van der Waals surface area contributed by atoms with E-state index in [0.29, 0.717) is 0 Å². The predicted molar refractivity (Wildman–Crippen MR) is 84.4 cm³/mol. The second-order valence-corrected chi connectivity index (χ2v) is 5.79. The number of hydrogen-bond donors (Lipinski definition) is 1. The summed E-state index contributed by atoms with van der Waals surface area (Å²) in [5.74, 6) is 0. The summed E-state index contributed by atoms with van der Waals surface area (Å²) < 4.78 is 2.19. The molecule has 1 aromatic rings. The van der Waals surface area contributed by atoms with Gasteiger partial charge in [0.2, 0.25) is 0 Å². The topological polar surface area (TPSA) is 24.1 Å². The number of unbranched alkanes of at least 4 members (excludes halogenated alkanes) is 9. The van der Waals surface area contributed by atoms with Gasteiger partial charge in [0.05, 0.1) is 6.61 Å². The third-order valence-corrected chi connectivity index (χ3v) is 3.87. The van der Waals surface area contributed by atoms with Crippen LogP contribution in [0.25, 0.3) is 0 Å². The summed E-state index contributed by atoms with van der Waals surface area (Å²) in [4.78, 5) is 0. The van der Waals surface area contributed by atoms with Gasteiger partial charge >= 0.3 is 0 Å². The van der Waals surface area contributed by atoms with Crippen molar-refractivity contribution in [3.8, 4) is 0 Å². The smallest absolute Gasteiger partial charge is 0.174 e. The van der Waals surface area contributed by atoms with Gasteiger partial charge in [-0.1, -0.05) is 58.3 Å². The molecule has 0 radical (unpaired) electrons. The molecule has 0 saturated heterocycles. The van der Waals surface area contributed by atoms with E-state index >= 15 is 0 Å². The number of halogens is 1. The lowest BCUT2D eigenvalue weighted by atomic mass is 10.1. The SMILES string of the molecule is CCCCCCCCCCCC[n+]1cccc(CO)c1.[F-]. The second-order valence-electron chi connectivity index (χ2n) is 5.79. The van der Waals surface area contributed by atoms with Crippen molar-refractivity contribution in [2.45, 2.75) is 84.3 Å². The van der Waals surface area contributed by atoms with Gasteiger partial charge in [-0.25, -0.2) is 4.57 Å². The highest BCUT2D eigenvalue weighted by Crippen LogP contribution is 2.10. The van der Waals surface area contributed by atoms with Crippen molar-refractivity contribution in [3.63, 3.8) is 0 Å². The van der Waals surface area contributed by atoms with Crippen molar-refractivity contribution >= 4 is 0 Å². The molecular formula is C18H32FNO. The summed E-state index contributed by atoms with van der Waals surface area (Å²) in [5, 5.41) is 9.09. The molecular weight excluding hydrogens is 265 g/mol. The molecule has 3 heteroatoms. The van der Waals surface area contributed by atoms with E-state index in [1.54, 1.807) is 0 Å². The van der Waals surface area contributed by atoms with Crippen molar-refractivity contribution in [1.29, 1.82) is 0 Å². The molecule has 1 N–H and O–H groups in total. The molecule has 0 atom stereocenters. The van der Waals surface area contributed by atoms with Crippen LogP contribution in [0.15, 0.2) is 24.5 Å². The number of aromatic nitrogens is 1. The van der Waals surface area contributed by atoms with E-state index in [1.165, 1.54) is 64.2 Å². The van der Waals surface area contributed by atoms with Gasteiger partial charge in [0, 0.05) is 18.1 Å². The Balaban J connectivity index is 0.00000400. The minimum atomic E-state index is 0. The summed E-state index contributed by atoms with van der Waals surface area (Å²) in [6, 6.07) is 3.98. The van der Waals surface area contributed by atoms with Crippen LogP contribution in [-0.2, 0) is 13.2 Å². The highest BCUT2D eigenvalue weighted by atomic mass is 19.0. The summed E-state index contributed by atoms with van der Waals surface area (Å²) in [7, 11) is 0. The predicted octanol–water partition coefficient (Wildman–Crippen LogP) is 1.39. The molecule has 1 heterocycles. The normalized spacial score (nSPS) is 10.4. The van der Waals surface area contributed by atoms with Gasteiger partial charge in [-0.3, -0.25) is 0 Å². The molecule has 0 aliphatic carbocycles. The average molecular weight is 297 g/mol. The minimum Gasteiger partial charge on any atom is -1.00 e. The van der Waals surface area contributed by atoms with Crippen molar-refractivity contribution in [2.24, 2.45) is 0 Å². The number of aliphatic hydroxyl groups is 1. The van der Waals surface area contributed by atoms with Gasteiger partial charge < -0.3 is 9.81 Å². The van der Waals surface area contributed by atoms with E-state index in [9.17, 15) is 0 Å². The Morgan fingerprint density at radius 3 is 2.05 bits per heavy atom. The van der Waals surface area contributed by atoms with Crippen LogP contribution in [0.1, 0.15) is 76.7 Å². The third-order valence-electron chi connectivity index (χ3n) is 3.87. The van der Waals surface area contributed by atoms with Gasteiger partial charge in [-0.05, 0) is 12.5 Å². The number of nitrogens with zero attached hydrogens (tertiary/aromatic N) is 1. The molecule has 0 fully saturated rings. The van der Waals surface area contributed by atoms with Gasteiger partial charge in [0.25, 0.3) is 0 Å². The monoisotopic (exact) mass is 297 g/mol. The lowest BCUT2D eigenvalue weighted by molar-refractivity contribution is -0.697. The fraction of sp³-hybridized carbons (Fsp3) is 0.722. The maximum atomic E-state index is 9.09. The van der Waals surface area contributed by atoms with Crippen LogP contribution >= 0.6 is 0 Å². The van der Waals surface area contributed by atoms with Gasteiger partial charge in [0.1, 0.15) is 6.54 Å². The molecule has 0 saturated carbocycles. The summed E-state index contributed by atoms with van der Waals surface area (Å²) in [5.41, 5.74) is 1.000. The highest BCUT2D eigenvalue weighted by Gasteiger charge is 2.01. The van der Waals surface area contributed by atoms with Crippen LogP contribution in [0.2, 0.25) is 0 Å². The van der Waals surface area contributed by atoms with Crippen LogP contribution in [0.3, 0.4) is 0 Å². The Kier molecular flexibility index (Phi) is 13.4. The first kappa shape index (κ1) is 20.0. The molecule has 0 amide bonds. The quantitative estimate of drug-likeness (QED) is 0.457. The standard InChI is InChI=1S/C18H32NO.FH/c1-2-3-4-5-6-7-8-9-10-11-14-19-15-12-13-18(16-19)17-20;/h12-13,15-16,20H,2-11,14,17H2,1H3;1H/q+1;/p-1. The highest BCUT2D eigenvalue weighted by molar-refractivity contribution is 5.02. The number of aliphatic hydroxyl groups excluding tert-OH is 1. The van der Waals surface area contributed by atoms with Crippen LogP contribution in [0, 0.1) is 0 Å². The van der Waals surface area contributed by atoms with E-state index in [1.807, 2.05) is 18.3 Å². The van der Waals surface area contributed by atoms with E-state index in [0.717, 1.165) is 12.1 Å². The van der Waals surface area contributed by atoms with Gasteiger partial charge in [-0.15, -0.1) is 0 Å². The molecule has 1 rings (SSSR count). The fourth-order valence-corrected chi connectivity index (χ4v) is 2.59. The van der Waals surface area contributed by atoms with Crippen LogP contribution in [0.5, 0.6) is 0 Å². The Bertz CT molecular complexity index is 344. The van der Waals surface area contributed by atoms with E-state index < -0.39 is 0 Å². The van der Waals surface area contributed by atoms with Crippen molar-refractivity contribution in [1.82, 2.24) is 0 Å². The molecule has 0 aromatic carbocycles. The molecule has 21 heavy (non-hydrogen) atoms. The molecule has 2 nitrogen and oxygen atoms in total. The minimum absolute atomic E-state index is 0. The summed E-state index contributed by atoms with van der Waals surface area (Å²) in [6.45, 7) is 3.48. The number of hydrogen-bond acceptors (Lipinski definition) is 1. The molecule has 0 aliphatic rings. The molecule has 1 aromatic heterocycles. The Labute approximate surface area is 129 Å². The Morgan fingerprint density at radius 2 is 1.48 bits per heavy atom. The first-order valence-electron chi connectivity index (χ1n) is 8.45. The molecule has 0 unspecified atom stereocenters. The molecule has 0 aliphatic heterocycles. The number of rotatable bonds is 12. The number of pyridine rings is 1. The largest absolute Gasteiger partial charge is 1.00 e. The second kappa shape index (κ2) is 14.0. The maximum absolute atomic E-state index is 9.09. The molecule has 0 bridgehead atoms. The van der Waals surface area contributed by atoms with Crippen molar-refractivity contribution in [3.05, 3.63) is 30.1 Å². The van der Waals surface area contributed by atoms with E-state index in [4.69, 9.17) is 5.11 Å². The van der Waals surface area contributed by atoms with E-state index in [-0.39, 0.29) is 11.3 Å². The lowest BCUT2D eigenvalue weighted by Gasteiger charge is -2.02. The molecule has 0 spiro atoms. The third kappa shape index (κ3) is 10.4. The van der Waals surface area contributed by atoms with Crippen LogP contribution in [-0.4, -0.2) is 5.11 Å². The fourth-order valence-electron chi connectivity index (χ4n) is 2.59. The molecule has 122 valence electrons. The first-order chi connectivity index (χ1) is 9.86. The van der Waals surface area contributed by atoms with Gasteiger partial charge in [-0.2, -0.15) is 0 Å². The zero-order chi connectivity index (χ0) is 14.5. The van der Waals surface area contributed by atoms with Crippen LogP contribution < -0.4 is 9.27 Å². The maximum Gasteiger partial charge on any atom is 0.174 e. The van der Waals surface area contributed by atoms with Crippen molar-refractivity contribution in [2.75, 3.05) is 0 Å². The van der Waals surface area contributed by atoms with Crippen molar-refractivity contribution < 1.29 is 14.4 Å². The Hall–Kier alpha value is -0.960. The van der Waals surface area contributed by atoms with Crippen LogP contribution in [0.4, 0.5) is 0 Å². The Morgan fingerprint density at radius 1 is 0.905 bits per heavy atom. The summed E-state index contributed by atoms with van der Waals surface area (Å²) in [6.07, 6.45) is 17.9. The number of aryl methyl sites for hydroxylation is 1. The van der Waals surface area contributed by atoms with E-state index in [2.05, 4.69) is 17.7 Å².